The second-order valence-corrected chi connectivity index (χ2v) is 4.93. The van der Waals surface area contributed by atoms with Gasteiger partial charge in [-0.05, 0) is 45.4 Å². The summed E-state index contributed by atoms with van der Waals surface area (Å²) in [4.78, 5) is 4.24. The summed E-state index contributed by atoms with van der Waals surface area (Å²) < 4.78 is 11.5. The Hall–Kier alpha value is -1.29. The van der Waals surface area contributed by atoms with E-state index in [0.29, 0.717) is 18.5 Å². The van der Waals surface area contributed by atoms with Crippen LogP contribution in [0.4, 0.5) is 0 Å². The lowest BCUT2D eigenvalue weighted by Crippen LogP contribution is -2.38. The van der Waals surface area contributed by atoms with Crippen molar-refractivity contribution in [2.24, 2.45) is 0 Å². The number of pyridine rings is 1. The molecular weight excluding hydrogens is 228 g/mol. The van der Waals surface area contributed by atoms with E-state index in [-0.39, 0.29) is 6.10 Å². The lowest BCUT2D eigenvalue weighted by molar-refractivity contribution is 0.197. The van der Waals surface area contributed by atoms with Crippen LogP contribution in [0.2, 0.25) is 0 Å². The topological polar surface area (TPSA) is 43.4 Å². The molecule has 1 fully saturated rings. The van der Waals surface area contributed by atoms with Gasteiger partial charge in [0, 0.05) is 12.2 Å². The molecule has 100 valence electrons. The van der Waals surface area contributed by atoms with Crippen LogP contribution in [0.25, 0.3) is 0 Å². The average molecular weight is 250 g/mol. The molecule has 1 N–H and O–H groups in total. The second-order valence-electron chi connectivity index (χ2n) is 4.93. The van der Waals surface area contributed by atoms with Crippen LogP contribution in [0.3, 0.4) is 0 Å². The quantitative estimate of drug-likeness (QED) is 0.871. The lowest BCUT2D eigenvalue weighted by atomic mass is 10.1. The Morgan fingerprint density at radius 2 is 2.33 bits per heavy atom. The summed E-state index contributed by atoms with van der Waals surface area (Å²) in [6, 6.07) is 4.20. The van der Waals surface area contributed by atoms with Gasteiger partial charge in [-0.15, -0.1) is 0 Å². The number of hydrogen-bond donors (Lipinski definition) is 1. The number of aromatic nitrogens is 1. The van der Waals surface area contributed by atoms with Crippen molar-refractivity contribution in [2.45, 2.75) is 45.3 Å². The minimum Gasteiger partial charge on any atom is -0.485 e. The van der Waals surface area contributed by atoms with Gasteiger partial charge in [0.05, 0.1) is 6.10 Å². The fraction of sp³-hybridized carbons (Fsp3) is 0.643. The average Bonchev–Trinajstić information content (AvgIpc) is 2.38. The lowest BCUT2D eigenvalue weighted by Gasteiger charge is -2.23. The van der Waals surface area contributed by atoms with Crippen LogP contribution >= 0.6 is 0 Å². The Balaban J connectivity index is 1.91. The van der Waals surface area contributed by atoms with Crippen LogP contribution in [-0.4, -0.2) is 30.3 Å². The molecule has 0 spiro atoms. The van der Waals surface area contributed by atoms with Crippen LogP contribution in [0.5, 0.6) is 11.6 Å². The highest BCUT2D eigenvalue weighted by Crippen LogP contribution is 2.25. The van der Waals surface area contributed by atoms with E-state index < -0.39 is 0 Å². The zero-order valence-electron chi connectivity index (χ0n) is 11.2. The zero-order valence-corrected chi connectivity index (χ0v) is 11.2. The van der Waals surface area contributed by atoms with E-state index in [4.69, 9.17) is 9.47 Å². The first-order chi connectivity index (χ1) is 8.75. The van der Waals surface area contributed by atoms with Crippen molar-refractivity contribution < 1.29 is 9.47 Å². The van der Waals surface area contributed by atoms with Gasteiger partial charge >= 0.3 is 0 Å². The normalized spacial score (nSPS) is 19.8. The Kier molecular flexibility index (Phi) is 4.81. The highest BCUT2D eigenvalue weighted by molar-refractivity contribution is 5.32. The molecule has 2 heterocycles. The molecule has 1 aliphatic rings. The number of ether oxygens (including phenoxy) is 2. The third-order valence-corrected chi connectivity index (χ3v) is 2.93. The van der Waals surface area contributed by atoms with Crippen LogP contribution in [-0.2, 0) is 0 Å². The van der Waals surface area contributed by atoms with Gasteiger partial charge in [0.1, 0.15) is 6.61 Å². The van der Waals surface area contributed by atoms with E-state index in [1.54, 1.807) is 6.20 Å². The van der Waals surface area contributed by atoms with Gasteiger partial charge in [-0.3, -0.25) is 0 Å². The van der Waals surface area contributed by atoms with Gasteiger partial charge in [0.25, 0.3) is 5.88 Å². The van der Waals surface area contributed by atoms with Crippen LogP contribution < -0.4 is 14.8 Å². The summed E-state index contributed by atoms with van der Waals surface area (Å²) in [5.41, 5.74) is 0. The zero-order chi connectivity index (χ0) is 12.8. The van der Waals surface area contributed by atoms with Gasteiger partial charge < -0.3 is 14.8 Å². The summed E-state index contributed by atoms with van der Waals surface area (Å²) >= 11 is 0. The van der Waals surface area contributed by atoms with E-state index in [1.165, 1.54) is 19.3 Å². The van der Waals surface area contributed by atoms with E-state index in [1.807, 2.05) is 26.0 Å². The first-order valence-electron chi connectivity index (χ1n) is 6.73. The predicted octanol–water partition coefficient (Wildman–Crippen LogP) is 2.39. The van der Waals surface area contributed by atoms with E-state index in [2.05, 4.69) is 10.3 Å². The van der Waals surface area contributed by atoms with Crippen molar-refractivity contribution in [3.8, 4) is 11.6 Å². The minimum atomic E-state index is 0.129. The summed E-state index contributed by atoms with van der Waals surface area (Å²) in [7, 11) is 0. The number of piperidine rings is 1. The molecular formula is C14H22N2O2. The maximum Gasteiger partial charge on any atom is 0.257 e. The van der Waals surface area contributed by atoms with Crippen molar-refractivity contribution in [3.05, 3.63) is 18.3 Å². The molecule has 0 saturated carbocycles. The van der Waals surface area contributed by atoms with Crippen molar-refractivity contribution >= 4 is 0 Å². The molecule has 0 aromatic carbocycles. The second kappa shape index (κ2) is 6.59. The van der Waals surface area contributed by atoms with E-state index in [9.17, 15) is 0 Å². The maximum atomic E-state index is 5.78. The third kappa shape index (κ3) is 3.88. The molecule has 1 aromatic rings. The first kappa shape index (κ1) is 13.1. The van der Waals surface area contributed by atoms with Crippen molar-refractivity contribution in [2.75, 3.05) is 13.2 Å². The van der Waals surface area contributed by atoms with E-state index >= 15 is 0 Å². The Morgan fingerprint density at radius 3 is 3.06 bits per heavy atom. The molecule has 1 atom stereocenters. The molecule has 0 radical (unpaired) electrons. The SMILES string of the molecule is CC(C)Oc1cccnc1OCC1CCCCN1. The maximum absolute atomic E-state index is 5.78. The molecule has 0 aliphatic carbocycles. The first-order valence-corrected chi connectivity index (χ1v) is 6.73. The fourth-order valence-electron chi connectivity index (χ4n) is 2.07. The smallest absolute Gasteiger partial charge is 0.257 e. The summed E-state index contributed by atoms with van der Waals surface area (Å²) in [6.45, 7) is 5.75. The van der Waals surface area contributed by atoms with Crippen molar-refractivity contribution in [3.63, 3.8) is 0 Å². The van der Waals surface area contributed by atoms with Crippen LogP contribution in [0.15, 0.2) is 18.3 Å². The highest BCUT2D eigenvalue weighted by atomic mass is 16.5. The number of nitrogens with one attached hydrogen (secondary N) is 1. The molecule has 1 aliphatic heterocycles. The monoisotopic (exact) mass is 250 g/mol. The molecule has 1 saturated heterocycles. The van der Waals surface area contributed by atoms with Gasteiger partial charge in [-0.2, -0.15) is 0 Å². The number of hydrogen-bond acceptors (Lipinski definition) is 4. The fourth-order valence-corrected chi connectivity index (χ4v) is 2.07. The van der Waals surface area contributed by atoms with Gasteiger partial charge in [-0.1, -0.05) is 6.42 Å². The minimum absolute atomic E-state index is 0.129. The van der Waals surface area contributed by atoms with Crippen molar-refractivity contribution in [1.82, 2.24) is 10.3 Å². The molecule has 1 aromatic heterocycles. The predicted molar refractivity (Wildman–Crippen MR) is 71.1 cm³/mol. The highest BCUT2D eigenvalue weighted by Gasteiger charge is 2.15. The molecule has 1 unspecified atom stereocenters. The summed E-state index contributed by atoms with van der Waals surface area (Å²) in [5.74, 6) is 1.32. The molecule has 4 heteroatoms. The van der Waals surface area contributed by atoms with Crippen molar-refractivity contribution in [1.29, 1.82) is 0 Å². The largest absolute Gasteiger partial charge is 0.485 e. The summed E-state index contributed by atoms with van der Waals surface area (Å²) in [6.07, 6.45) is 5.58. The third-order valence-electron chi connectivity index (χ3n) is 2.93. The van der Waals surface area contributed by atoms with Gasteiger partial charge in [0.2, 0.25) is 0 Å². The molecule has 18 heavy (non-hydrogen) atoms. The van der Waals surface area contributed by atoms with Gasteiger partial charge in [-0.25, -0.2) is 4.98 Å². The molecule has 2 rings (SSSR count). The molecule has 0 bridgehead atoms. The van der Waals surface area contributed by atoms with Crippen LogP contribution in [0.1, 0.15) is 33.1 Å². The molecule has 0 amide bonds. The van der Waals surface area contributed by atoms with Crippen LogP contribution in [0, 0.1) is 0 Å². The standard InChI is InChI=1S/C14H22N2O2/c1-11(2)18-13-7-5-9-16-14(13)17-10-12-6-3-4-8-15-12/h5,7,9,11-12,15H,3-4,6,8,10H2,1-2H3. The Bertz CT molecular complexity index is 363. The Labute approximate surface area is 109 Å². The summed E-state index contributed by atoms with van der Waals surface area (Å²) in [5, 5.41) is 3.46. The number of nitrogens with zero attached hydrogens (tertiary/aromatic N) is 1. The Morgan fingerprint density at radius 1 is 1.44 bits per heavy atom. The van der Waals surface area contributed by atoms with Gasteiger partial charge in [0.15, 0.2) is 5.75 Å². The number of rotatable bonds is 5. The van der Waals surface area contributed by atoms with E-state index in [0.717, 1.165) is 12.3 Å². The molecule has 4 nitrogen and oxygen atoms in total.